The first-order valence-corrected chi connectivity index (χ1v) is 3.77. The van der Waals surface area contributed by atoms with Crippen molar-refractivity contribution >= 4 is 5.78 Å². The molecule has 0 aliphatic rings. The molecule has 0 aromatic heterocycles. The van der Waals surface area contributed by atoms with Crippen molar-refractivity contribution in [2.45, 2.75) is 31.3 Å². The molecule has 0 bridgehead atoms. The van der Waals surface area contributed by atoms with E-state index < -0.39 is 36.8 Å². The van der Waals surface area contributed by atoms with E-state index in [9.17, 15) is 4.79 Å². The number of Topliss-reactive ketones (excluding diaryl/α,β-unsaturated/α-hetero) is 1. The monoisotopic (exact) mass is 194 g/mol. The zero-order valence-electron chi connectivity index (χ0n) is 7.16. The Kier molecular flexibility index (Phi) is 5.04. The lowest BCUT2D eigenvalue weighted by Crippen LogP contribution is -2.47. The molecule has 6 nitrogen and oxygen atoms in total. The summed E-state index contributed by atoms with van der Waals surface area (Å²) in [4.78, 5) is 10.6. The summed E-state index contributed by atoms with van der Waals surface area (Å²) in [5, 5.41) is 44.2. The average molecular weight is 194 g/mol. The van der Waals surface area contributed by atoms with Gasteiger partial charge in [0.15, 0.2) is 5.78 Å². The molecule has 5 N–H and O–H groups in total. The summed E-state index contributed by atoms with van der Waals surface area (Å²) in [6, 6.07) is 0. The van der Waals surface area contributed by atoms with Gasteiger partial charge in [0.2, 0.25) is 0 Å². The Bertz CT molecular complexity index is 168. The van der Waals surface area contributed by atoms with Crippen molar-refractivity contribution in [1.29, 1.82) is 0 Å². The molecule has 0 saturated carbocycles. The van der Waals surface area contributed by atoms with E-state index in [2.05, 4.69) is 0 Å². The van der Waals surface area contributed by atoms with Crippen molar-refractivity contribution in [2.75, 3.05) is 6.61 Å². The fourth-order valence-electron chi connectivity index (χ4n) is 0.756. The molecule has 0 amide bonds. The minimum Gasteiger partial charge on any atom is -0.391 e. The lowest BCUT2D eigenvalue weighted by Gasteiger charge is -2.23. The molecule has 4 atom stereocenters. The Morgan fingerprint density at radius 1 is 1.15 bits per heavy atom. The van der Waals surface area contributed by atoms with Crippen LogP contribution in [-0.4, -0.2) is 62.3 Å². The minimum absolute atomic E-state index is 0.926. The van der Waals surface area contributed by atoms with Crippen molar-refractivity contribution in [3.05, 3.63) is 0 Å². The topological polar surface area (TPSA) is 118 Å². The van der Waals surface area contributed by atoms with Gasteiger partial charge >= 0.3 is 0 Å². The van der Waals surface area contributed by atoms with Gasteiger partial charge in [0.1, 0.15) is 24.9 Å². The molecule has 13 heavy (non-hydrogen) atoms. The van der Waals surface area contributed by atoms with Crippen molar-refractivity contribution in [2.24, 2.45) is 0 Å². The first-order valence-electron chi connectivity index (χ1n) is 3.77. The summed E-state index contributed by atoms with van der Waals surface area (Å²) >= 11 is 0. The molecule has 0 rings (SSSR count). The van der Waals surface area contributed by atoms with Crippen LogP contribution in [0, 0.1) is 0 Å². The standard InChI is InChI=1S/C7H14O6/c1-3(9)5(11)7(13)6(12)4(10)2-8/h3,5-9,11-13H,2H2,1H3/t3-,5+,6+,7+/m0/s1. The van der Waals surface area contributed by atoms with Gasteiger partial charge in [-0.25, -0.2) is 0 Å². The summed E-state index contributed by atoms with van der Waals surface area (Å²) in [6.45, 7) is 0.273. The van der Waals surface area contributed by atoms with Crippen LogP contribution in [-0.2, 0) is 4.79 Å². The largest absolute Gasteiger partial charge is 0.391 e. The molecule has 6 heteroatoms. The normalized spacial score (nSPS) is 20.5. The molecule has 78 valence electrons. The third-order valence-corrected chi connectivity index (χ3v) is 1.65. The second-order valence-corrected chi connectivity index (χ2v) is 2.79. The smallest absolute Gasteiger partial charge is 0.189 e. The highest BCUT2D eigenvalue weighted by atomic mass is 16.4. The number of ketones is 1. The van der Waals surface area contributed by atoms with Crippen molar-refractivity contribution in [1.82, 2.24) is 0 Å². The number of aliphatic hydroxyl groups is 5. The summed E-state index contributed by atoms with van der Waals surface area (Å²) in [6.07, 6.45) is -6.56. The fraction of sp³-hybridized carbons (Fsp3) is 0.857. The quantitative estimate of drug-likeness (QED) is 0.318. The molecule has 0 aliphatic carbocycles. The minimum atomic E-state index is -1.88. The van der Waals surface area contributed by atoms with Crippen LogP contribution < -0.4 is 0 Å². The van der Waals surface area contributed by atoms with E-state index in [0.29, 0.717) is 0 Å². The van der Waals surface area contributed by atoms with E-state index in [1.807, 2.05) is 0 Å². The van der Waals surface area contributed by atoms with E-state index in [1.165, 1.54) is 6.92 Å². The van der Waals surface area contributed by atoms with Crippen LogP contribution >= 0.6 is 0 Å². The number of aliphatic hydroxyl groups excluding tert-OH is 5. The molecule has 0 radical (unpaired) electrons. The number of rotatable bonds is 5. The van der Waals surface area contributed by atoms with Crippen LogP contribution in [0.1, 0.15) is 6.92 Å². The number of hydrogen-bond donors (Lipinski definition) is 5. The Morgan fingerprint density at radius 3 is 1.92 bits per heavy atom. The highest BCUT2D eigenvalue weighted by Crippen LogP contribution is 2.05. The Hall–Kier alpha value is -0.530. The fourth-order valence-corrected chi connectivity index (χ4v) is 0.756. The number of carbonyl (C=O) groups excluding carboxylic acids is 1. The first kappa shape index (κ1) is 12.5. The van der Waals surface area contributed by atoms with Crippen LogP contribution in [0.25, 0.3) is 0 Å². The van der Waals surface area contributed by atoms with Crippen LogP contribution in [0.2, 0.25) is 0 Å². The maximum absolute atomic E-state index is 10.6. The van der Waals surface area contributed by atoms with E-state index in [1.54, 1.807) is 0 Å². The third-order valence-electron chi connectivity index (χ3n) is 1.65. The molecule has 0 saturated heterocycles. The second kappa shape index (κ2) is 5.25. The molecule has 0 aromatic carbocycles. The highest BCUT2D eigenvalue weighted by molar-refractivity contribution is 5.84. The van der Waals surface area contributed by atoms with E-state index in [-0.39, 0.29) is 0 Å². The van der Waals surface area contributed by atoms with Crippen molar-refractivity contribution < 1.29 is 30.3 Å². The molecule has 0 unspecified atom stereocenters. The predicted molar refractivity (Wildman–Crippen MR) is 41.8 cm³/mol. The van der Waals surface area contributed by atoms with E-state index in [4.69, 9.17) is 25.5 Å². The molecule has 0 aliphatic heterocycles. The van der Waals surface area contributed by atoms with Gasteiger partial charge in [-0.2, -0.15) is 0 Å². The van der Waals surface area contributed by atoms with Gasteiger partial charge in [-0.3, -0.25) is 4.79 Å². The maximum Gasteiger partial charge on any atom is 0.189 e. The zero-order chi connectivity index (χ0) is 10.6. The first-order chi connectivity index (χ1) is 5.91. The SMILES string of the molecule is C[C@H](O)[C@@H](O)[C@@H](O)[C@H](O)C(=O)CO. The van der Waals surface area contributed by atoms with Gasteiger partial charge in [-0.1, -0.05) is 0 Å². The van der Waals surface area contributed by atoms with Gasteiger partial charge in [0.05, 0.1) is 6.10 Å². The third kappa shape index (κ3) is 3.37. The Morgan fingerprint density at radius 2 is 1.62 bits per heavy atom. The van der Waals surface area contributed by atoms with Gasteiger partial charge < -0.3 is 25.5 Å². The Labute approximate surface area is 75.1 Å². The Balaban J connectivity index is 4.24. The molecule has 0 aromatic rings. The predicted octanol–water partition coefficient (Wildman–Crippen LogP) is -2.99. The highest BCUT2D eigenvalue weighted by Gasteiger charge is 2.31. The van der Waals surface area contributed by atoms with Gasteiger partial charge in [0.25, 0.3) is 0 Å². The summed E-state index contributed by atoms with van der Waals surface area (Å²) in [5.41, 5.74) is 0. The van der Waals surface area contributed by atoms with E-state index in [0.717, 1.165) is 0 Å². The lowest BCUT2D eigenvalue weighted by molar-refractivity contribution is -0.146. The molecule has 0 fully saturated rings. The lowest BCUT2D eigenvalue weighted by atomic mass is 10.0. The van der Waals surface area contributed by atoms with E-state index >= 15 is 0 Å². The molecule has 0 spiro atoms. The molecular formula is C7H14O6. The molecule has 0 heterocycles. The summed E-state index contributed by atoms with van der Waals surface area (Å²) < 4.78 is 0. The zero-order valence-corrected chi connectivity index (χ0v) is 7.16. The maximum atomic E-state index is 10.6. The summed E-state index contributed by atoms with van der Waals surface area (Å²) in [7, 11) is 0. The van der Waals surface area contributed by atoms with Crippen LogP contribution in [0.4, 0.5) is 0 Å². The molecular weight excluding hydrogens is 180 g/mol. The second-order valence-electron chi connectivity index (χ2n) is 2.79. The van der Waals surface area contributed by atoms with Gasteiger partial charge in [-0.15, -0.1) is 0 Å². The van der Waals surface area contributed by atoms with Crippen molar-refractivity contribution in [3.8, 4) is 0 Å². The number of carbonyl (C=O) groups is 1. The van der Waals surface area contributed by atoms with Gasteiger partial charge in [0, 0.05) is 0 Å². The average Bonchev–Trinajstić information content (AvgIpc) is 2.12. The van der Waals surface area contributed by atoms with Crippen LogP contribution in [0.5, 0.6) is 0 Å². The van der Waals surface area contributed by atoms with Crippen molar-refractivity contribution in [3.63, 3.8) is 0 Å². The van der Waals surface area contributed by atoms with Crippen LogP contribution in [0.15, 0.2) is 0 Å². The van der Waals surface area contributed by atoms with Crippen LogP contribution in [0.3, 0.4) is 0 Å². The number of hydrogen-bond acceptors (Lipinski definition) is 6. The summed E-state index contributed by atoms with van der Waals surface area (Å²) in [5.74, 6) is -1.01. The van der Waals surface area contributed by atoms with Gasteiger partial charge in [-0.05, 0) is 6.92 Å².